The zero-order chi connectivity index (χ0) is 17.0. The van der Waals surface area contributed by atoms with E-state index in [2.05, 4.69) is 23.6 Å². The first-order chi connectivity index (χ1) is 10.6. The molecule has 0 bridgehead atoms. The Balaban J connectivity index is 0.00000211. The predicted octanol–water partition coefficient (Wildman–Crippen LogP) is 2.48. The highest BCUT2D eigenvalue weighted by Crippen LogP contribution is 2.01. The van der Waals surface area contributed by atoms with Crippen molar-refractivity contribution in [3.63, 3.8) is 0 Å². The van der Waals surface area contributed by atoms with E-state index in [-0.39, 0.29) is 12.1 Å². The normalized spacial score (nSPS) is 10.6. The van der Waals surface area contributed by atoms with E-state index >= 15 is 0 Å². The van der Waals surface area contributed by atoms with Crippen LogP contribution in [0.5, 0.6) is 0 Å². The van der Waals surface area contributed by atoms with Crippen LogP contribution in [0.25, 0.3) is 0 Å². The van der Waals surface area contributed by atoms with Crippen LogP contribution in [0.4, 0.5) is 0 Å². The van der Waals surface area contributed by atoms with Crippen molar-refractivity contribution in [2.75, 3.05) is 7.05 Å². The van der Waals surface area contributed by atoms with Gasteiger partial charge in [-0.2, -0.15) is 5.10 Å². The minimum Gasteiger partial charge on any atom is -0.355 e. The molecule has 0 aliphatic rings. The lowest BCUT2D eigenvalue weighted by Crippen LogP contribution is -2.32. The molecule has 0 atom stereocenters. The van der Waals surface area contributed by atoms with Gasteiger partial charge < -0.3 is 5.32 Å². The number of allylic oxidation sites excluding steroid dienone is 6. The molecule has 0 spiro atoms. The number of amides is 1. The second kappa shape index (κ2) is 11.0. The maximum Gasteiger partial charge on any atom is 0.279 e. The van der Waals surface area contributed by atoms with E-state index < -0.39 is 11.5 Å². The molecule has 1 aromatic rings. The molecule has 118 valence electrons. The summed E-state index contributed by atoms with van der Waals surface area (Å²) < 4.78 is 1.23. The first-order valence-electron chi connectivity index (χ1n) is 7.03. The fourth-order valence-electron chi connectivity index (χ4n) is 1.55. The van der Waals surface area contributed by atoms with Crippen molar-refractivity contribution in [1.82, 2.24) is 15.1 Å². The number of carbonyl (C=O) groups is 1. The molecule has 1 aromatic heterocycles. The van der Waals surface area contributed by atoms with Gasteiger partial charge in [0.05, 0.1) is 6.54 Å². The predicted molar refractivity (Wildman–Crippen MR) is 90.9 cm³/mol. The quantitative estimate of drug-likeness (QED) is 0.821. The van der Waals surface area contributed by atoms with Gasteiger partial charge >= 0.3 is 0 Å². The highest BCUT2D eigenvalue weighted by molar-refractivity contribution is 5.93. The minimum atomic E-state index is -0.436. The van der Waals surface area contributed by atoms with Crippen LogP contribution in [0.2, 0.25) is 0 Å². The number of hydrogen-bond donors (Lipinski definition) is 1. The fourth-order valence-corrected chi connectivity index (χ4v) is 1.55. The summed E-state index contributed by atoms with van der Waals surface area (Å²) in [7, 11) is 1.47. The molecule has 5 nitrogen and oxygen atoms in total. The van der Waals surface area contributed by atoms with E-state index in [1.54, 1.807) is 30.4 Å². The highest BCUT2D eigenvalue weighted by Gasteiger charge is 2.11. The molecule has 1 N–H and O–H groups in total. The Bertz CT molecular complexity index is 625. The molecule has 22 heavy (non-hydrogen) atoms. The van der Waals surface area contributed by atoms with Crippen molar-refractivity contribution in [2.45, 2.75) is 20.4 Å². The van der Waals surface area contributed by atoms with Crippen molar-refractivity contribution in [3.8, 4) is 0 Å². The number of nitrogens with one attached hydrogen (secondary N) is 1. The van der Waals surface area contributed by atoms with E-state index in [1.807, 2.05) is 13.8 Å². The molecule has 0 radical (unpaired) electrons. The maximum absolute atomic E-state index is 12.1. The third kappa shape index (κ3) is 5.75. The highest BCUT2D eigenvalue weighted by atomic mass is 16.2. The van der Waals surface area contributed by atoms with Crippen molar-refractivity contribution < 1.29 is 4.79 Å². The Morgan fingerprint density at radius 2 is 2.05 bits per heavy atom. The molecule has 0 unspecified atom stereocenters. The Morgan fingerprint density at radius 1 is 1.36 bits per heavy atom. The monoisotopic (exact) mass is 301 g/mol. The smallest absolute Gasteiger partial charge is 0.279 e. The third-order valence-corrected chi connectivity index (χ3v) is 2.49. The lowest BCUT2D eigenvalue weighted by atomic mass is 10.2. The van der Waals surface area contributed by atoms with Crippen LogP contribution >= 0.6 is 0 Å². The average molecular weight is 301 g/mol. The van der Waals surface area contributed by atoms with Gasteiger partial charge in [-0.15, -0.1) is 0 Å². The number of nitrogens with zero attached hydrogens (tertiary/aromatic N) is 2. The molecular formula is C17H23N3O2. The Kier molecular flexibility index (Phi) is 9.67. The minimum absolute atomic E-state index is 0.0631. The number of rotatable bonds is 6. The van der Waals surface area contributed by atoms with Crippen molar-refractivity contribution >= 4 is 5.91 Å². The van der Waals surface area contributed by atoms with E-state index in [9.17, 15) is 9.59 Å². The van der Waals surface area contributed by atoms with Gasteiger partial charge in [0.1, 0.15) is 5.56 Å². The molecule has 5 heteroatoms. The van der Waals surface area contributed by atoms with Crippen LogP contribution in [-0.4, -0.2) is 22.7 Å². The first-order valence-corrected chi connectivity index (χ1v) is 7.03. The van der Waals surface area contributed by atoms with E-state index in [4.69, 9.17) is 0 Å². The first kappa shape index (κ1) is 19.3. The van der Waals surface area contributed by atoms with Gasteiger partial charge in [-0.1, -0.05) is 57.4 Å². The maximum atomic E-state index is 12.1. The molecule has 0 aliphatic heterocycles. The molecule has 1 amide bonds. The lowest BCUT2D eigenvalue weighted by molar-refractivity contribution is 0.0960. The summed E-state index contributed by atoms with van der Waals surface area (Å²) in [5, 5.41) is 6.40. The van der Waals surface area contributed by atoms with Gasteiger partial charge in [-0.25, -0.2) is 4.68 Å². The van der Waals surface area contributed by atoms with Gasteiger partial charge in [0.15, 0.2) is 0 Å². The summed E-state index contributed by atoms with van der Waals surface area (Å²) in [4.78, 5) is 23.7. The molecule has 1 heterocycles. The lowest BCUT2D eigenvalue weighted by Gasteiger charge is -2.06. The average Bonchev–Trinajstić information content (AvgIpc) is 2.55. The van der Waals surface area contributed by atoms with Crippen LogP contribution in [0.15, 0.2) is 66.2 Å². The number of carbonyl (C=O) groups excluding carboxylic acids is 1. The molecular weight excluding hydrogens is 278 g/mol. The summed E-state index contributed by atoms with van der Waals surface area (Å²) in [6, 6.07) is 1.40. The Labute approximate surface area is 131 Å². The standard InChI is InChI=1S/C15H17N3O2.C2H6/c1-4-6-8-12(7-5-2)11-18-15(20)13(9-10-17-18)14(19)16-3;1-2/h4-10H,1-2,11H2,3H3,(H,16,19);1-2H3/b8-6-,12-7+;. The Hall–Kier alpha value is -2.69. The third-order valence-electron chi connectivity index (χ3n) is 2.49. The molecule has 0 saturated carbocycles. The van der Waals surface area contributed by atoms with E-state index in [1.165, 1.54) is 24.0 Å². The number of aromatic nitrogens is 2. The van der Waals surface area contributed by atoms with Crippen molar-refractivity contribution in [3.05, 3.63) is 77.3 Å². The second-order valence-electron chi connectivity index (χ2n) is 3.86. The van der Waals surface area contributed by atoms with Gasteiger partial charge in [0.25, 0.3) is 11.5 Å². The van der Waals surface area contributed by atoms with Crippen molar-refractivity contribution in [2.24, 2.45) is 0 Å². The van der Waals surface area contributed by atoms with Gasteiger partial charge in [-0.05, 0) is 11.6 Å². The molecule has 0 aromatic carbocycles. The Morgan fingerprint density at radius 3 is 2.59 bits per heavy atom. The zero-order valence-electron chi connectivity index (χ0n) is 13.4. The zero-order valence-corrected chi connectivity index (χ0v) is 13.4. The summed E-state index contributed by atoms with van der Waals surface area (Å²) in [5.74, 6) is -0.429. The van der Waals surface area contributed by atoms with Crippen LogP contribution in [0.1, 0.15) is 24.2 Å². The number of hydrogen-bond acceptors (Lipinski definition) is 3. The van der Waals surface area contributed by atoms with E-state index in [0.717, 1.165) is 5.57 Å². The summed E-state index contributed by atoms with van der Waals surface area (Å²) in [5.41, 5.74) is 0.450. The topological polar surface area (TPSA) is 64.0 Å². The van der Waals surface area contributed by atoms with Gasteiger partial charge in [0.2, 0.25) is 0 Å². The summed E-state index contributed by atoms with van der Waals surface area (Å²) >= 11 is 0. The van der Waals surface area contributed by atoms with Crippen LogP contribution < -0.4 is 10.9 Å². The van der Waals surface area contributed by atoms with Crippen molar-refractivity contribution in [1.29, 1.82) is 0 Å². The molecule has 0 fully saturated rings. The fraction of sp³-hybridized carbons (Fsp3) is 0.235. The summed E-state index contributed by atoms with van der Waals surface area (Å²) in [6.07, 6.45) is 10.00. The van der Waals surface area contributed by atoms with Gasteiger partial charge in [0, 0.05) is 13.2 Å². The largest absolute Gasteiger partial charge is 0.355 e. The van der Waals surface area contributed by atoms with Crippen LogP contribution in [0.3, 0.4) is 0 Å². The van der Waals surface area contributed by atoms with Crippen LogP contribution in [0, 0.1) is 0 Å². The second-order valence-corrected chi connectivity index (χ2v) is 3.86. The SMILES string of the molecule is C=C/C=C\C(=C/C=C)Cn1nccc(C(=O)NC)c1=O.CC. The molecule has 1 rings (SSSR count). The van der Waals surface area contributed by atoms with Gasteiger partial charge in [-0.3, -0.25) is 9.59 Å². The van der Waals surface area contributed by atoms with Crippen LogP contribution in [-0.2, 0) is 6.54 Å². The molecule has 0 aliphatic carbocycles. The van der Waals surface area contributed by atoms with E-state index in [0.29, 0.717) is 0 Å². The summed E-state index contributed by atoms with van der Waals surface area (Å²) in [6.45, 7) is 11.5. The molecule has 0 saturated heterocycles.